The number of aliphatic hydroxyl groups excluding tert-OH is 1. The van der Waals surface area contributed by atoms with Crippen LogP contribution in [-0.4, -0.2) is 10.0 Å². The lowest BCUT2D eigenvalue weighted by Crippen LogP contribution is -1.98. The summed E-state index contributed by atoms with van der Waals surface area (Å²) < 4.78 is 5.48. The normalized spacial score (nSPS) is 11.5. The van der Waals surface area contributed by atoms with E-state index >= 15 is 0 Å². The Morgan fingerprint density at radius 2 is 2.00 bits per heavy atom. The quantitative estimate of drug-likeness (QED) is 0.686. The summed E-state index contributed by atoms with van der Waals surface area (Å²) in [6, 6.07) is 12.6. The molecule has 6 nitrogen and oxygen atoms in total. The summed E-state index contributed by atoms with van der Waals surface area (Å²) in [4.78, 5) is 10.5. The summed E-state index contributed by atoms with van der Waals surface area (Å²) in [7, 11) is 0. The molecule has 2 aromatic carbocycles. The molecule has 0 bridgehead atoms. The Hall–Kier alpha value is -2.91. The van der Waals surface area contributed by atoms with Gasteiger partial charge in [0.2, 0.25) is 5.75 Å². The van der Waals surface area contributed by atoms with Crippen molar-refractivity contribution >= 4 is 5.69 Å². The number of hydrogen-bond donors (Lipinski definition) is 1. The Morgan fingerprint density at radius 1 is 1.29 bits per heavy atom. The third kappa shape index (κ3) is 3.16. The largest absolute Gasteiger partial charge is 0.449 e. The number of ether oxygens (including phenoxy) is 1. The van der Waals surface area contributed by atoms with Crippen LogP contribution in [0.15, 0.2) is 42.5 Å². The second-order valence-electron chi connectivity index (χ2n) is 4.37. The smallest absolute Gasteiger partial charge is 0.311 e. The molecule has 6 heteroatoms. The zero-order valence-electron chi connectivity index (χ0n) is 11.2. The molecule has 0 saturated heterocycles. The van der Waals surface area contributed by atoms with Crippen molar-refractivity contribution in [3.05, 3.63) is 63.7 Å². The van der Waals surface area contributed by atoms with Gasteiger partial charge in [0.1, 0.15) is 11.8 Å². The highest BCUT2D eigenvalue weighted by atomic mass is 16.6. The fraction of sp³-hybridized carbons (Fsp3) is 0.133. The molecule has 2 rings (SSSR count). The first-order valence-electron chi connectivity index (χ1n) is 6.16. The van der Waals surface area contributed by atoms with Gasteiger partial charge in [-0.1, -0.05) is 18.2 Å². The highest BCUT2D eigenvalue weighted by molar-refractivity contribution is 5.53. The van der Waals surface area contributed by atoms with Gasteiger partial charge < -0.3 is 9.84 Å². The monoisotopic (exact) mass is 284 g/mol. The van der Waals surface area contributed by atoms with Gasteiger partial charge in [-0.05, 0) is 30.7 Å². The maximum absolute atomic E-state index is 11.1. The first kappa shape index (κ1) is 14.5. The number of nitriles is 1. The Kier molecular flexibility index (Phi) is 4.16. The van der Waals surface area contributed by atoms with Gasteiger partial charge in [-0.2, -0.15) is 5.26 Å². The van der Waals surface area contributed by atoms with Crippen molar-refractivity contribution in [2.24, 2.45) is 0 Å². The van der Waals surface area contributed by atoms with Crippen LogP contribution in [0.2, 0.25) is 0 Å². The number of hydrogen-bond acceptors (Lipinski definition) is 5. The number of para-hydroxylation sites is 1. The van der Waals surface area contributed by atoms with Crippen LogP contribution in [0, 0.1) is 21.4 Å². The second-order valence-corrected chi connectivity index (χ2v) is 4.37. The minimum atomic E-state index is -0.816. The molecule has 0 aliphatic carbocycles. The van der Waals surface area contributed by atoms with Gasteiger partial charge in [0.25, 0.3) is 0 Å². The lowest BCUT2D eigenvalue weighted by Gasteiger charge is -2.10. The number of nitro benzene ring substituents is 1. The molecule has 0 heterocycles. The molecule has 1 atom stereocenters. The van der Waals surface area contributed by atoms with Crippen molar-refractivity contribution in [2.75, 3.05) is 0 Å². The Bertz CT molecular complexity index is 720. The highest BCUT2D eigenvalue weighted by Gasteiger charge is 2.19. The topological polar surface area (TPSA) is 96.4 Å². The van der Waals surface area contributed by atoms with Gasteiger partial charge in [0.15, 0.2) is 0 Å². The van der Waals surface area contributed by atoms with Crippen LogP contribution in [0.5, 0.6) is 11.5 Å². The molecule has 21 heavy (non-hydrogen) atoms. The van der Waals surface area contributed by atoms with E-state index in [-0.39, 0.29) is 22.7 Å². The van der Waals surface area contributed by atoms with Gasteiger partial charge in [0, 0.05) is 6.07 Å². The van der Waals surface area contributed by atoms with E-state index in [1.807, 2.05) is 6.07 Å². The molecule has 1 N–H and O–H groups in total. The number of nitro groups is 1. The minimum Gasteiger partial charge on any atom is -0.449 e. The van der Waals surface area contributed by atoms with E-state index in [0.717, 1.165) is 0 Å². The number of aliphatic hydroxyl groups is 1. The molecule has 2 aromatic rings. The summed E-state index contributed by atoms with van der Waals surface area (Å²) in [6.45, 7) is 1.52. The van der Waals surface area contributed by atoms with Crippen molar-refractivity contribution in [3.8, 4) is 17.6 Å². The Balaban J connectivity index is 2.45. The van der Waals surface area contributed by atoms with E-state index in [0.29, 0.717) is 5.56 Å². The van der Waals surface area contributed by atoms with Gasteiger partial charge in [0.05, 0.1) is 16.6 Å². The van der Waals surface area contributed by atoms with Crippen LogP contribution in [0.3, 0.4) is 0 Å². The SMILES string of the molecule is C[C@@H](O)c1ccc(Oc2ccccc2C#N)c([N+](=O)[O-])c1. The second kappa shape index (κ2) is 6.03. The van der Waals surface area contributed by atoms with Crippen LogP contribution >= 0.6 is 0 Å². The third-order valence-electron chi connectivity index (χ3n) is 2.89. The molecular formula is C15H12N2O4. The van der Waals surface area contributed by atoms with E-state index in [1.54, 1.807) is 30.3 Å². The summed E-state index contributed by atoms with van der Waals surface area (Å²) in [6.07, 6.45) is -0.816. The number of rotatable bonds is 4. The molecule has 0 aliphatic heterocycles. The molecule has 0 saturated carbocycles. The average molecular weight is 284 g/mol. The van der Waals surface area contributed by atoms with Crippen molar-refractivity contribution in [2.45, 2.75) is 13.0 Å². The van der Waals surface area contributed by atoms with Crippen molar-refractivity contribution in [3.63, 3.8) is 0 Å². The molecule has 0 aromatic heterocycles. The number of nitrogens with zero attached hydrogens (tertiary/aromatic N) is 2. The fourth-order valence-corrected chi connectivity index (χ4v) is 1.79. The Labute approximate surface area is 121 Å². The third-order valence-corrected chi connectivity index (χ3v) is 2.89. The highest BCUT2D eigenvalue weighted by Crippen LogP contribution is 2.34. The average Bonchev–Trinajstić information content (AvgIpc) is 2.47. The molecule has 0 aliphatic rings. The maximum atomic E-state index is 11.1. The van der Waals surface area contributed by atoms with Crippen LogP contribution < -0.4 is 4.74 Å². The molecule has 0 spiro atoms. The predicted octanol–water partition coefficient (Wildman–Crippen LogP) is 3.31. The predicted molar refractivity (Wildman–Crippen MR) is 75.0 cm³/mol. The van der Waals surface area contributed by atoms with Gasteiger partial charge in [-0.25, -0.2) is 0 Å². The van der Waals surface area contributed by atoms with E-state index in [1.165, 1.54) is 19.1 Å². The maximum Gasteiger partial charge on any atom is 0.311 e. The van der Waals surface area contributed by atoms with E-state index < -0.39 is 11.0 Å². The van der Waals surface area contributed by atoms with Crippen LogP contribution in [0.1, 0.15) is 24.2 Å². The van der Waals surface area contributed by atoms with Gasteiger partial charge in [-0.3, -0.25) is 10.1 Å². The summed E-state index contributed by atoms with van der Waals surface area (Å²) in [5.74, 6) is 0.264. The van der Waals surface area contributed by atoms with Gasteiger partial charge >= 0.3 is 5.69 Å². The molecule has 0 unspecified atom stereocenters. The van der Waals surface area contributed by atoms with Crippen LogP contribution in [0.25, 0.3) is 0 Å². The zero-order valence-corrected chi connectivity index (χ0v) is 11.2. The number of benzene rings is 2. The van der Waals surface area contributed by atoms with Crippen LogP contribution in [-0.2, 0) is 0 Å². The van der Waals surface area contributed by atoms with E-state index in [4.69, 9.17) is 10.00 Å². The zero-order chi connectivity index (χ0) is 15.4. The molecule has 106 valence electrons. The molecule has 0 amide bonds. The lowest BCUT2D eigenvalue weighted by molar-refractivity contribution is -0.385. The van der Waals surface area contributed by atoms with Gasteiger partial charge in [-0.15, -0.1) is 0 Å². The Morgan fingerprint density at radius 3 is 2.62 bits per heavy atom. The fourth-order valence-electron chi connectivity index (χ4n) is 1.79. The van der Waals surface area contributed by atoms with Crippen molar-refractivity contribution < 1.29 is 14.8 Å². The molecule has 0 fully saturated rings. The summed E-state index contributed by atoms with van der Waals surface area (Å²) in [5.41, 5.74) is 0.440. The van der Waals surface area contributed by atoms with Crippen molar-refractivity contribution in [1.82, 2.24) is 0 Å². The summed E-state index contributed by atoms with van der Waals surface area (Å²) in [5, 5.41) is 29.6. The lowest BCUT2D eigenvalue weighted by atomic mass is 10.1. The van der Waals surface area contributed by atoms with Crippen molar-refractivity contribution in [1.29, 1.82) is 5.26 Å². The first-order valence-corrected chi connectivity index (χ1v) is 6.16. The standard InChI is InChI=1S/C15H12N2O4/c1-10(18)11-6-7-15(13(8-11)17(19)20)21-14-5-3-2-4-12(14)9-16/h2-8,10,18H,1H3/t10-/m1/s1. The summed E-state index contributed by atoms with van der Waals surface area (Å²) >= 11 is 0. The first-order chi connectivity index (χ1) is 10.0. The van der Waals surface area contributed by atoms with E-state index in [9.17, 15) is 15.2 Å². The minimum absolute atomic E-state index is 0.0205. The molecule has 0 radical (unpaired) electrons. The van der Waals surface area contributed by atoms with E-state index in [2.05, 4.69) is 0 Å². The molecular weight excluding hydrogens is 272 g/mol. The van der Waals surface area contributed by atoms with Crippen LogP contribution in [0.4, 0.5) is 5.69 Å².